The molecule has 1 amide bonds. The lowest BCUT2D eigenvalue weighted by atomic mass is 10.3. The maximum absolute atomic E-state index is 12.9. The van der Waals surface area contributed by atoms with Crippen molar-refractivity contribution in [3.05, 3.63) is 42.5 Å². The van der Waals surface area contributed by atoms with Crippen molar-refractivity contribution in [1.29, 1.82) is 0 Å². The van der Waals surface area contributed by atoms with E-state index >= 15 is 0 Å². The predicted molar refractivity (Wildman–Crippen MR) is 91.3 cm³/mol. The van der Waals surface area contributed by atoms with Crippen LogP contribution in [0, 0.1) is 5.82 Å². The monoisotopic (exact) mass is 363 g/mol. The lowest BCUT2D eigenvalue weighted by Gasteiger charge is -2.16. The first kappa shape index (κ1) is 17.5. The van der Waals surface area contributed by atoms with E-state index in [1.165, 1.54) is 43.4 Å². The van der Waals surface area contributed by atoms with Crippen LogP contribution in [-0.2, 0) is 4.79 Å². The van der Waals surface area contributed by atoms with E-state index < -0.39 is 0 Å². The van der Waals surface area contributed by atoms with Crippen molar-refractivity contribution in [2.45, 2.75) is 17.4 Å². The smallest absolute Gasteiger partial charge is 0.235 e. The van der Waals surface area contributed by atoms with E-state index in [0.29, 0.717) is 30.6 Å². The lowest BCUT2D eigenvalue weighted by Crippen LogP contribution is -2.32. The Labute approximate surface area is 149 Å². The maximum atomic E-state index is 12.9. The molecule has 0 N–H and O–H groups in total. The number of hydrogen-bond donors (Lipinski definition) is 0. The summed E-state index contributed by atoms with van der Waals surface area (Å²) in [4.78, 5) is 23.1. The van der Waals surface area contributed by atoms with E-state index in [1.807, 2.05) is 0 Å². The molecule has 0 spiro atoms. The second kappa shape index (κ2) is 8.15. The molecule has 1 aromatic heterocycles. The number of amides is 1. The summed E-state index contributed by atoms with van der Waals surface area (Å²) >= 11 is 1.40. The maximum Gasteiger partial charge on any atom is 0.235 e. The van der Waals surface area contributed by atoms with E-state index in [9.17, 15) is 9.18 Å². The van der Waals surface area contributed by atoms with E-state index in [-0.39, 0.29) is 17.8 Å². The van der Waals surface area contributed by atoms with Gasteiger partial charge < -0.3 is 14.4 Å². The van der Waals surface area contributed by atoms with Crippen LogP contribution in [0.3, 0.4) is 0 Å². The van der Waals surface area contributed by atoms with Crippen molar-refractivity contribution in [2.75, 3.05) is 26.0 Å². The number of ether oxygens (including phenoxy) is 2. The SMILES string of the molecule is COc1cncc(OC2CCN(C(=O)CSc3ccc(F)cc3)C2)n1. The number of nitrogens with zero attached hydrogens (tertiary/aromatic N) is 3. The summed E-state index contributed by atoms with van der Waals surface area (Å²) in [7, 11) is 1.52. The first-order valence-corrected chi connectivity index (χ1v) is 8.81. The van der Waals surface area contributed by atoms with Crippen LogP contribution >= 0.6 is 11.8 Å². The number of likely N-dealkylation sites (tertiary alicyclic amines) is 1. The van der Waals surface area contributed by atoms with Crippen molar-refractivity contribution in [3.8, 4) is 11.8 Å². The normalized spacial score (nSPS) is 16.7. The molecule has 0 radical (unpaired) electrons. The summed E-state index contributed by atoms with van der Waals surface area (Å²) in [6.07, 6.45) is 3.66. The molecule has 1 fully saturated rings. The van der Waals surface area contributed by atoms with E-state index in [0.717, 1.165) is 11.3 Å². The Hall–Kier alpha value is -2.35. The number of methoxy groups -OCH3 is 1. The van der Waals surface area contributed by atoms with Crippen LogP contribution in [0.4, 0.5) is 4.39 Å². The molecule has 0 aliphatic carbocycles. The second-order valence-corrected chi connectivity index (χ2v) is 6.56. The highest BCUT2D eigenvalue weighted by Crippen LogP contribution is 2.21. The van der Waals surface area contributed by atoms with Gasteiger partial charge in [-0.1, -0.05) is 0 Å². The molecular formula is C17H18FN3O3S. The van der Waals surface area contributed by atoms with E-state index in [2.05, 4.69) is 9.97 Å². The minimum absolute atomic E-state index is 0.0390. The van der Waals surface area contributed by atoms with Gasteiger partial charge in [-0.2, -0.15) is 4.98 Å². The van der Waals surface area contributed by atoms with Crippen molar-refractivity contribution in [3.63, 3.8) is 0 Å². The topological polar surface area (TPSA) is 64.6 Å². The van der Waals surface area contributed by atoms with Crippen molar-refractivity contribution in [2.24, 2.45) is 0 Å². The van der Waals surface area contributed by atoms with Crippen molar-refractivity contribution >= 4 is 17.7 Å². The van der Waals surface area contributed by atoms with Gasteiger partial charge >= 0.3 is 0 Å². The van der Waals surface area contributed by atoms with Gasteiger partial charge in [0.1, 0.15) is 11.9 Å². The predicted octanol–water partition coefficient (Wildman–Crippen LogP) is 2.40. The fourth-order valence-corrected chi connectivity index (χ4v) is 3.28. The standard InChI is InChI=1S/C17H18FN3O3S/c1-23-15-8-19-9-16(20-15)24-13-6-7-21(10-13)17(22)11-25-14-4-2-12(18)3-5-14/h2-5,8-9,13H,6-7,10-11H2,1H3. The first-order chi connectivity index (χ1) is 12.1. The largest absolute Gasteiger partial charge is 0.480 e. The van der Waals surface area contributed by atoms with Gasteiger partial charge in [-0.05, 0) is 24.3 Å². The van der Waals surface area contributed by atoms with Gasteiger partial charge in [0.05, 0.1) is 31.8 Å². The zero-order chi connectivity index (χ0) is 17.6. The molecular weight excluding hydrogens is 345 g/mol. The Morgan fingerprint density at radius 2 is 2.08 bits per heavy atom. The van der Waals surface area contributed by atoms with Gasteiger partial charge in [-0.25, -0.2) is 4.39 Å². The van der Waals surface area contributed by atoms with Crippen LogP contribution in [-0.4, -0.2) is 52.8 Å². The summed E-state index contributed by atoms with van der Waals surface area (Å²) < 4.78 is 23.7. The molecule has 25 heavy (non-hydrogen) atoms. The van der Waals surface area contributed by atoms with Gasteiger partial charge in [0, 0.05) is 17.9 Å². The third-order valence-corrected chi connectivity index (χ3v) is 4.76. The molecule has 0 saturated carbocycles. The average Bonchev–Trinajstić information content (AvgIpc) is 3.09. The minimum atomic E-state index is -0.282. The number of hydrogen-bond acceptors (Lipinski definition) is 6. The molecule has 6 nitrogen and oxygen atoms in total. The Bertz CT molecular complexity index is 729. The molecule has 1 aromatic carbocycles. The molecule has 1 atom stereocenters. The molecule has 2 aromatic rings. The lowest BCUT2D eigenvalue weighted by molar-refractivity contribution is -0.127. The van der Waals surface area contributed by atoms with Gasteiger partial charge in [-0.3, -0.25) is 9.78 Å². The molecule has 1 unspecified atom stereocenters. The van der Waals surface area contributed by atoms with Gasteiger partial charge in [0.15, 0.2) is 0 Å². The summed E-state index contributed by atoms with van der Waals surface area (Å²) in [5, 5.41) is 0. The van der Waals surface area contributed by atoms with Crippen LogP contribution in [0.2, 0.25) is 0 Å². The van der Waals surface area contributed by atoms with Crippen LogP contribution < -0.4 is 9.47 Å². The molecule has 8 heteroatoms. The molecule has 2 heterocycles. The molecule has 0 bridgehead atoms. The Kier molecular flexibility index (Phi) is 5.70. The van der Waals surface area contributed by atoms with Crippen LogP contribution in [0.5, 0.6) is 11.8 Å². The number of thioether (sulfide) groups is 1. The zero-order valence-corrected chi connectivity index (χ0v) is 14.5. The Morgan fingerprint density at radius 1 is 1.32 bits per heavy atom. The Balaban J connectivity index is 1.48. The number of halogens is 1. The van der Waals surface area contributed by atoms with Crippen molar-refractivity contribution < 1.29 is 18.7 Å². The number of carbonyl (C=O) groups is 1. The highest BCUT2D eigenvalue weighted by atomic mass is 32.2. The minimum Gasteiger partial charge on any atom is -0.480 e. The Morgan fingerprint density at radius 3 is 2.84 bits per heavy atom. The number of carbonyl (C=O) groups excluding carboxylic acids is 1. The molecule has 1 aliphatic rings. The van der Waals surface area contributed by atoms with Gasteiger partial charge in [-0.15, -0.1) is 11.8 Å². The molecule has 3 rings (SSSR count). The van der Waals surface area contributed by atoms with Gasteiger partial charge in [0.2, 0.25) is 17.7 Å². The fraction of sp³-hybridized carbons (Fsp3) is 0.353. The summed E-state index contributed by atoms with van der Waals surface area (Å²) in [6, 6.07) is 6.12. The summed E-state index contributed by atoms with van der Waals surface area (Å²) in [5.74, 6) is 0.851. The molecule has 132 valence electrons. The summed E-state index contributed by atoms with van der Waals surface area (Å²) in [6.45, 7) is 1.16. The molecule has 1 aliphatic heterocycles. The van der Waals surface area contributed by atoms with Gasteiger partial charge in [0.25, 0.3) is 0 Å². The van der Waals surface area contributed by atoms with Crippen LogP contribution in [0.15, 0.2) is 41.6 Å². The highest BCUT2D eigenvalue weighted by molar-refractivity contribution is 8.00. The van der Waals surface area contributed by atoms with Crippen LogP contribution in [0.25, 0.3) is 0 Å². The molecule has 1 saturated heterocycles. The van der Waals surface area contributed by atoms with E-state index in [4.69, 9.17) is 9.47 Å². The fourth-order valence-electron chi connectivity index (χ4n) is 2.48. The van der Waals surface area contributed by atoms with E-state index in [1.54, 1.807) is 17.0 Å². The second-order valence-electron chi connectivity index (χ2n) is 5.51. The summed E-state index contributed by atoms with van der Waals surface area (Å²) in [5.41, 5.74) is 0. The quantitative estimate of drug-likeness (QED) is 0.735. The number of rotatable bonds is 6. The average molecular weight is 363 g/mol. The van der Waals surface area contributed by atoms with Crippen LogP contribution in [0.1, 0.15) is 6.42 Å². The number of aromatic nitrogens is 2. The van der Waals surface area contributed by atoms with Crippen molar-refractivity contribution in [1.82, 2.24) is 14.9 Å². The number of benzene rings is 1. The first-order valence-electron chi connectivity index (χ1n) is 7.83. The third kappa shape index (κ3) is 4.82. The zero-order valence-electron chi connectivity index (χ0n) is 13.7. The third-order valence-electron chi connectivity index (χ3n) is 3.76. The highest BCUT2D eigenvalue weighted by Gasteiger charge is 2.28.